The summed E-state index contributed by atoms with van der Waals surface area (Å²) >= 11 is 6.14. The molecule has 1 unspecified atom stereocenters. The molecule has 2 heterocycles. The molecule has 1 aromatic heterocycles. The third-order valence-electron chi connectivity index (χ3n) is 3.69. The lowest BCUT2D eigenvalue weighted by Gasteiger charge is -2.17. The van der Waals surface area contributed by atoms with Gasteiger partial charge < -0.3 is 4.90 Å². The summed E-state index contributed by atoms with van der Waals surface area (Å²) in [5.74, 6) is 0.462. The van der Waals surface area contributed by atoms with Crippen molar-refractivity contribution in [1.29, 1.82) is 0 Å². The van der Waals surface area contributed by atoms with Crippen LogP contribution in [-0.4, -0.2) is 23.1 Å². The van der Waals surface area contributed by atoms with Crippen LogP contribution in [0.5, 0.6) is 0 Å². The summed E-state index contributed by atoms with van der Waals surface area (Å²) < 4.78 is 0. The Morgan fingerprint density at radius 3 is 3.00 bits per heavy atom. The van der Waals surface area contributed by atoms with Gasteiger partial charge in [-0.15, -0.1) is 0 Å². The zero-order chi connectivity index (χ0) is 13.2. The van der Waals surface area contributed by atoms with Crippen LogP contribution in [0.3, 0.4) is 0 Å². The van der Waals surface area contributed by atoms with E-state index in [1.807, 2.05) is 12.1 Å². The van der Waals surface area contributed by atoms with Gasteiger partial charge in [0.2, 0.25) is 0 Å². The maximum Gasteiger partial charge on any atom is 0.115 e. The largest absolute Gasteiger partial charge is 0.371 e. The van der Waals surface area contributed by atoms with Gasteiger partial charge in [0, 0.05) is 41.6 Å². The molecule has 2 aromatic rings. The number of rotatable bonds is 3. The zero-order valence-electron chi connectivity index (χ0n) is 10.9. The average molecular weight is 274 g/mol. The van der Waals surface area contributed by atoms with Gasteiger partial charge in [-0.3, -0.25) is 0 Å². The van der Waals surface area contributed by atoms with Gasteiger partial charge in [0.15, 0.2) is 0 Å². The Morgan fingerprint density at radius 1 is 1.37 bits per heavy atom. The summed E-state index contributed by atoms with van der Waals surface area (Å²) in [6.07, 6.45) is 4.35. The average Bonchev–Trinajstić information content (AvgIpc) is 2.77. The van der Waals surface area contributed by atoms with Crippen LogP contribution in [-0.2, 0) is 6.42 Å². The lowest BCUT2D eigenvalue weighted by Crippen LogP contribution is -2.21. The van der Waals surface area contributed by atoms with Crippen molar-refractivity contribution in [3.8, 4) is 0 Å². The Labute approximate surface area is 118 Å². The first-order chi connectivity index (χ1) is 9.28. The van der Waals surface area contributed by atoms with E-state index in [1.165, 1.54) is 11.3 Å². The van der Waals surface area contributed by atoms with Gasteiger partial charge in [-0.1, -0.05) is 11.6 Å². The summed E-state index contributed by atoms with van der Waals surface area (Å²) in [7, 11) is 0. The smallest absolute Gasteiger partial charge is 0.115 e. The maximum absolute atomic E-state index is 6.14. The molecule has 3 rings (SSSR count). The highest BCUT2D eigenvalue weighted by molar-refractivity contribution is 6.30. The molecule has 98 valence electrons. The van der Waals surface area contributed by atoms with E-state index >= 15 is 0 Å². The van der Waals surface area contributed by atoms with Gasteiger partial charge in [-0.25, -0.2) is 9.97 Å². The van der Waals surface area contributed by atoms with Crippen molar-refractivity contribution in [2.75, 3.05) is 18.0 Å². The summed E-state index contributed by atoms with van der Waals surface area (Å²) in [6.45, 7) is 4.25. The van der Waals surface area contributed by atoms with Crippen LogP contribution >= 0.6 is 11.6 Å². The fourth-order valence-corrected chi connectivity index (χ4v) is 2.95. The molecule has 1 atom stereocenters. The molecule has 1 aliphatic rings. The molecule has 0 radical (unpaired) electrons. The number of benzene rings is 1. The summed E-state index contributed by atoms with van der Waals surface area (Å²) in [5, 5.41) is 0.810. The lowest BCUT2D eigenvalue weighted by atomic mass is 9.96. The first kappa shape index (κ1) is 12.4. The standard InChI is InChI=1S/C15H16ClN3/c1-2-19-9-11(7-13-5-6-17-10-18-13)14-8-12(16)3-4-15(14)19/h3-6,8,10-11H,2,7,9H2,1H3. The van der Waals surface area contributed by atoms with E-state index in [0.29, 0.717) is 5.92 Å². The SMILES string of the molecule is CCN1CC(Cc2ccncn2)c2cc(Cl)ccc21. The minimum atomic E-state index is 0.462. The summed E-state index contributed by atoms with van der Waals surface area (Å²) in [5.41, 5.74) is 3.74. The molecule has 0 aliphatic carbocycles. The maximum atomic E-state index is 6.14. The monoisotopic (exact) mass is 273 g/mol. The number of aromatic nitrogens is 2. The van der Waals surface area contributed by atoms with Crippen LogP contribution in [0.1, 0.15) is 24.1 Å². The van der Waals surface area contributed by atoms with Crippen LogP contribution in [0.2, 0.25) is 5.02 Å². The van der Waals surface area contributed by atoms with Crippen LogP contribution in [0.25, 0.3) is 0 Å². The minimum absolute atomic E-state index is 0.462. The highest BCUT2D eigenvalue weighted by atomic mass is 35.5. The Bertz CT molecular complexity index is 571. The van der Waals surface area contributed by atoms with Crippen LogP contribution in [0.4, 0.5) is 5.69 Å². The van der Waals surface area contributed by atoms with E-state index < -0.39 is 0 Å². The second-order valence-electron chi connectivity index (χ2n) is 4.84. The first-order valence-electron chi connectivity index (χ1n) is 6.57. The molecule has 4 heteroatoms. The van der Waals surface area contributed by atoms with E-state index in [2.05, 4.69) is 33.9 Å². The molecule has 1 aliphatic heterocycles. The van der Waals surface area contributed by atoms with E-state index in [9.17, 15) is 0 Å². The third kappa shape index (κ3) is 2.43. The number of hydrogen-bond donors (Lipinski definition) is 0. The lowest BCUT2D eigenvalue weighted by molar-refractivity contribution is 0.685. The van der Waals surface area contributed by atoms with Crippen molar-refractivity contribution in [3.05, 3.63) is 53.1 Å². The number of hydrogen-bond acceptors (Lipinski definition) is 3. The van der Waals surface area contributed by atoms with Crippen molar-refractivity contribution in [2.45, 2.75) is 19.3 Å². The molecule has 0 spiro atoms. The quantitative estimate of drug-likeness (QED) is 0.859. The second-order valence-corrected chi connectivity index (χ2v) is 5.28. The van der Waals surface area contributed by atoms with E-state index in [-0.39, 0.29) is 0 Å². The normalized spacial score (nSPS) is 17.6. The molecular weight excluding hydrogens is 258 g/mol. The molecule has 19 heavy (non-hydrogen) atoms. The number of anilines is 1. The number of nitrogens with zero attached hydrogens (tertiary/aromatic N) is 3. The predicted molar refractivity (Wildman–Crippen MR) is 77.8 cm³/mol. The molecule has 0 bridgehead atoms. The Morgan fingerprint density at radius 2 is 2.26 bits per heavy atom. The Kier molecular flexibility index (Phi) is 3.38. The Balaban J connectivity index is 1.91. The molecule has 3 nitrogen and oxygen atoms in total. The molecule has 0 amide bonds. The van der Waals surface area contributed by atoms with Crippen molar-refractivity contribution >= 4 is 17.3 Å². The van der Waals surface area contributed by atoms with Gasteiger partial charge in [-0.05, 0) is 43.2 Å². The van der Waals surface area contributed by atoms with Crippen molar-refractivity contribution < 1.29 is 0 Å². The zero-order valence-corrected chi connectivity index (χ0v) is 11.6. The molecule has 0 fully saturated rings. The van der Waals surface area contributed by atoms with Gasteiger partial charge >= 0.3 is 0 Å². The van der Waals surface area contributed by atoms with Crippen molar-refractivity contribution in [2.24, 2.45) is 0 Å². The third-order valence-corrected chi connectivity index (χ3v) is 3.93. The van der Waals surface area contributed by atoms with Crippen molar-refractivity contribution in [1.82, 2.24) is 9.97 Å². The highest BCUT2D eigenvalue weighted by Crippen LogP contribution is 2.39. The van der Waals surface area contributed by atoms with E-state index in [0.717, 1.165) is 30.2 Å². The van der Waals surface area contributed by atoms with Gasteiger partial charge in [0.1, 0.15) is 6.33 Å². The number of fused-ring (bicyclic) bond motifs is 1. The van der Waals surface area contributed by atoms with E-state index in [1.54, 1.807) is 12.5 Å². The van der Waals surface area contributed by atoms with E-state index in [4.69, 9.17) is 11.6 Å². The number of halogens is 1. The molecule has 1 aromatic carbocycles. The summed E-state index contributed by atoms with van der Waals surface area (Å²) in [6, 6.07) is 8.18. The predicted octanol–water partition coefficient (Wildman–Crippen LogP) is 3.30. The van der Waals surface area contributed by atoms with Gasteiger partial charge in [0.25, 0.3) is 0 Å². The van der Waals surface area contributed by atoms with Crippen LogP contribution in [0, 0.1) is 0 Å². The summed E-state index contributed by atoms with van der Waals surface area (Å²) in [4.78, 5) is 10.7. The Hall–Kier alpha value is -1.61. The molecular formula is C15H16ClN3. The molecule has 0 saturated carbocycles. The fourth-order valence-electron chi connectivity index (χ4n) is 2.77. The fraction of sp³-hybridized carbons (Fsp3) is 0.333. The van der Waals surface area contributed by atoms with Crippen LogP contribution in [0.15, 0.2) is 36.8 Å². The van der Waals surface area contributed by atoms with Crippen molar-refractivity contribution in [3.63, 3.8) is 0 Å². The number of likely N-dealkylation sites (N-methyl/N-ethyl adjacent to an activating group) is 1. The second kappa shape index (κ2) is 5.17. The highest BCUT2D eigenvalue weighted by Gasteiger charge is 2.28. The first-order valence-corrected chi connectivity index (χ1v) is 6.95. The van der Waals surface area contributed by atoms with Crippen LogP contribution < -0.4 is 4.90 Å². The van der Waals surface area contributed by atoms with Gasteiger partial charge in [0.05, 0.1) is 0 Å². The molecule has 0 saturated heterocycles. The van der Waals surface area contributed by atoms with Gasteiger partial charge in [-0.2, -0.15) is 0 Å². The topological polar surface area (TPSA) is 29.0 Å². The minimum Gasteiger partial charge on any atom is -0.371 e. The molecule has 0 N–H and O–H groups in total.